The quantitative estimate of drug-likeness (QED) is 0.857. The van der Waals surface area contributed by atoms with Crippen molar-refractivity contribution in [2.45, 2.75) is 12.6 Å². The highest BCUT2D eigenvalue weighted by molar-refractivity contribution is 9.10. The van der Waals surface area contributed by atoms with E-state index in [2.05, 4.69) is 21.2 Å². The normalized spacial score (nSPS) is 18.6. The number of aromatic hydroxyl groups is 1. The molecule has 110 valence electrons. The second kappa shape index (κ2) is 6.92. The second-order valence-electron chi connectivity index (χ2n) is 4.27. The van der Waals surface area contributed by atoms with E-state index in [0.717, 1.165) is 5.56 Å². The molecule has 0 radical (unpaired) electrons. The van der Waals surface area contributed by atoms with Crippen LogP contribution in [0, 0.1) is 0 Å². The molecule has 1 fully saturated rings. The van der Waals surface area contributed by atoms with Crippen LogP contribution in [-0.4, -0.2) is 44.0 Å². The van der Waals surface area contributed by atoms with Crippen molar-refractivity contribution in [1.29, 1.82) is 0 Å². The van der Waals surface area contributed by atoms with Crippen molar-refractivity contribution in [3.63, 3.8) is 0 Å². The number of hydrogen-bond acceptors (Lipinski definition) is 5. The standard InChI is InChI=1S/C13H16BrNO5/c1-18-11-4-8(9(14)5-10(11)16)6-15-13(17)12-7-19-2-3-20-12/h4-5,12,16H,2-3,6-7H2,1H3,(H,15,17). The number of methoxy groups -OCH3 is 1. The third-order valence-electron chi connectivity index (χ3n) is 2.91. The van der Waals surface area contributed by atoms with Gasteiger partial charge < -0.3 is 24.6 Å². The highest BCUT2D eigenvalue weighted by Crippen LogP contribution is 2.32. The van der Waals surface area contributed by atoms with Gasteiger partial charge in [-0.05, 0) is 17.7 Å². The fourth-order valence-electron chi connectivity index (χ4n) is 1.82. The molecule has 0 bridgehead atoms. The van der Waals surface area contributed by atoms with E-state index in [1.165, 1.54) is 13.2 Å². The van der Waals surface area contributed by atoms with Crippen LogP contribution in [0.3, 0.4) is 0 Å². The number of carbonyl (C=O) groups excluding carboxylic acids is 1. The van der Waals surface area contributed by atoms with Crippen molar-refractivity contribution >= 4 is 21.8 Å². The Balaban J connectivity index is 1.97. The zero-order chi connectivity index (χ0) is 14.5. The van der Waals surface area contributed by atoms with Crippen LogP contribution in [0.15, 0.2) is 16.6 Å². The largest absolute Gasteiger partial charge is 0.504 e. The van der Waals surface area contributed by atoms with Gasteiger partial charge in [0.1, 0.15) is 0 Å². The van der Waals surface area contributed by atoms with Crippen molar-refractivity contribution in [3.8, 4) is 11.5 Å². The highest BCUT2D eigenvalue weighted by atomic mass is 79.9. The molecule has 0 spiro atoms. The minimum Gasteiger partial charge on any atom is -0.504 e. The van der Waals surface area contributed by atoms with E-state index in [4.69, 9.17) is 14.2 Å². The Labute approximate surface area is 125 Å². The molecule has 1 aromatic carbocycles. The zero-order valence-corrected chi connectivity index (χ0v) is 12.6. The number of phenols is 1. The number of phenolic OH excluding ortho intramolecular Hbond substituents is 1. The van der Waals surface area contributed by atoms with Gasteiger partial charge in [-0.2, -0.15) is 0 Å². The summed E-state index contributed by atoms with van der Waals surface area (Å²) < 4.78 is 16.2. The number of carbonyl (C=O) groups is 1. The Morgan fingerprint density at radius 3 is 3.00 bits per heavy atom. The fourth-order valence-corrected chi connectivity index (χ4v) is 2.29. The molecule has 1 aliphatic rings. The smallest absolute Gasteiger partial charge is 0.251 e. The van der Waals surface area contributed by atoms with E-state index in [0.29, 0.717) is 30.0 Å². The van der Waals surface area contributed by atoms with Gasteiger partial charge >= 0.3 is 0 Å². The SMILES string of the molecule is COc1cc(CNC(=O)C2COCCO2)c(Br)cc1O. The first kappa shape index (κ1) is 15.1. The van der Waals surface area contributed by atoms with Crippen LogP contribution in [0.1, 0.15) is 5.56 Å². The van der Waals surface area contributed by atoms with Gasteiger partial charge in [-0.15, -0.1) is 0 Å². The lowest BCUT2D eigenvalue weighted by atomic mass is 10.2. The van der Waals surface area contributed by atoms with Crippen LogP contribution in [0.5, 0.6) is 11.5 Å². The van der Waals surface area contributed by atoms with E-state index >= 15 is 0 Å². The molecule has 2 rings (SSSR count). The van der Waals surface area contributed by atoms with Crippen molar-refractivity contribution in [2.75, 3.05) is 26.9 Å². The summed E-state index contributed by atoms with van der Waals surface area (Å²) >= 11 is 3.33. The third-order valence-corrected chi connectivity index (χ3v) is 3.65. The van der Waals surface area contributed by atoms with Gasteiger partial charge in [0.15, 0.2) is 17.6 Å². The van der Waals surface area contributed by atoms with Gasteiger partial charge in [-0.3, -0.25) is 4.79 Å². The summed E-state index contributed by atoms with van der Waals surface area (Å²) in [4.78, 5) is 11.9. The zero-order valence-electron chi connectivity index (χ0n) is 11.0. The molecule has 7 heteroatoms. The number of benzene rings is 1. The summed E-state index contributed by atoms with van der Waals surface area (Å²) in [6.45, 7) is 1.52. The molecule has 1 aliphatic heterocycles. The minimum absolute atomic E-state index is 0.0402. The highest BCUT2D eigenvalue weighted by Gasteiger charge is 2.22. The molecule has 0 aromatic heterocycles. The van der Waals surface area contributed by atoms with E-state index in [9.17, 15) is 9.90 Å². The lowest BCUT2D eigenvalue weighted by molar-refractivity contribution is -0.147. The van der Waals surface area contributed by atoms with Crippen molar-refractivity contribution < 1.29 is 24.1 Å². The van der Waals surface area contributed by atoms with E-state index in [1.54, 1.807) is 6.07 Å². The average molecular weight is 346 g/mol. The Morgan fingerprint density at radius 2 is 2.35 bits per heavy atom. The first-order chi connectivity index (χ1) is 9.61. The van der Waals surface area contributed by atoms with Crippen molar-refractivity contribution in [2.24, 2.45) is 0 Å². The lowest BCUT2D eigenvalue weighted by Gasteiger charge is -2.22. The molecule has 1 amide bonds. The molecule has 1 unspecified atom stereocenters. The van der Waals surface area contributed by atoms with Crippen LogP contribution in [0.25, 0.3) is 0 Å². The minimum atomic E-state index is -0.568. The predicted octanol–water partition coefficient (Wildman–Crippen LogP) is 1.19. The van der Waals surface area contributed by atoms with Crippen LogP contribution < -0.4 is 10.1 Å². The molecule has 0 aliphatic carbocycles. The molecule has 1 aromatic rings. The number of hydrogen-bond donors (Lipinski definition) is 2. The maximum atomic E-state index is 11.9. The van der Waals surface area contributed by atoms with Gasteiger partial charge in [0.05, 0.1) is 26.9 Å². The van der Waals surface area contributed by atoms with Crippen LogP contribution >= 0.6 is 15.9 Å². The first-order valence-electron chi connectivity index (χ1n) is 6.14. The Bertz CT molecular complexity index is 488. The average Bonchev–Trinajstić information content (AvgIpc) is 2.47. The molecular weight excluding hydrogens is 330 g/mol. The third kappa shape index (κ3) is 3.62. The van der Waals surface area contributed by atoms with E-state index < -0.39 is 6.10 Å². The second-order valence-corrected chi connectivity index (χ2v) is 5.12. The predicted molar refractivity (Wildman–Crippen MR) is 74.8 cm³/mol. The first-order valence-corrected chi connectivity index (χ1v) is 6.93. The van der Waals surface area contributed by atoms with E-state index in [-0.39, 0.29) is 18.3 Å². The van der Waals surface area contributed by atoms with Gasteiger partial charge in [0.2, 0.25) is 0 Å². The fraction of sp³-hybridized carbons (Fsp3) is 0.462. The molecule has 1 saturated heterocycles. The summed E-state index contributed by atoms with van der Waals surface area (Å²) in [5.41, 5.74) is 0.796. The van der Waals surface area contributed by atoms with E-state index in [1.807, 2.05) is 0 Å². The Morgan fingerprint density at radius 1 is 1.55 bits per heavy atom. The maximum absolute atomic E-state index is 11.9. The molecule has 0 saturated carbocycles. The van der Waals surface area contributed by atoms with Crippen LogP contribution in [-0.2, 0) is 20.8 Å². The van der Waals surface area contributed by atoms with Crippen molar-refractivity contribution in [1.82, 2.24) is 5.32 Å². The monoisotopic (exact) mass is 345 g/mol. The van der Waals surface area contributed by atoms with Gasteiger partial charge in [-0.25, -0.2) is 0 Å². The summed E-state index contributed by atoms with van der Waals surface area (Å²) in [6, 6.07) is 3.19. The molecule has 6 nitrogen and oxygen atoms in total. The number of halogens is 1. The number of ether oxygens (including phenoxy) is 3. The maximum Gasteiger partial charge on any atom is 0.251 e. The molecule has 20 heavy (non-hydrogen) atoms. The van der Waals surface area contributed by atoms with Gasteiger partial charge in [-0.1, -0.05) is 15.9 Å². The summed E-state index contributed by atoms with van der Waals surface area (Å²) in [5.74, 6) is 0.178. The molecule has 1 heterocycles. The topological polar surface area (TPSA) is 77.0 Å². The van der Waals surface area contributed by atoms with Gasteiger partial charge in [0, 0.05) is 11.0 Å². The lowest BCUT2D eigenvalue weighted by Crippen LogP contribution is -2.42. The summed E-state index contributed by atoms with van der Waals surface area (Å²) in [6.07, 6.45) is -0.568. The Kier molecular flexibility index (Phi) is 5.22. The number of rotatable bonds is 4. The molecule has 2 N–H and O–H groups in total. The molecular formula is C13H16BrNO5. The van der Waals surface area contributed by atoms with Crippen LogP contribution in [0.2, 0.25) is 0 Å². The van der Waals surface area contributed by atoms with Crippen molar-refractivity contribution in [3.05, 3.63) is 22.2 Å². The van der Waals surface area contributed by atoms with Crippen LogP contribution in [0.4, 0.5) is 0 Å². The number of amides is 1. The van der Waals surface area contributed by atoms with Gasteiger partial charge in [0.25, 0.3) is 5.91 Å². The summed E-state index contributed by atoms with van der Waals surface area (Å²) in [5, 5.41) is 12.4. The number of nitrogens with one attached hydrogen (secondary N) is 1. The Hall–Kier alpha value is -1.31. The summed E-state index contributed by atoms with van der Waals surface area (Å²) in [7, 11) is 1.47. The molecule has 1 atom stereocenters.